The van der Waals surface area contributed by atoms with Crippen LogP contribution in [0.25, 0.3) is 0 Å². The molecule has 2 N–H and O–H groups in total. The molecule has 0 bridgehead atoms. The van der Waals surface area contributed by atoms with E-state index in [0.29, 0.717) is 19.4 Å². The summed E-state index contributed by atoms with van der Waals surface area (Å²) in [6.07, 6.45) is 0.992. The monoisotopic (exact) mass is 249 g/mol. The number of carbonyl (C=O) groups excluding carboxylic acids is 1. The van der Waals surface area contributed by atoms with Crippen molar-refractivity contribution >= 4 is 11.9 Å². The molecular weight excluding hydrogens is 230 g/mol. The molecule has 0 aromatic heterocycles. The Morgan fingerprint density at radius 1 is 1.28 bits per heavy atom. The van der Waals surface area contributed by atoms with E-state index in [-0.39, 0.29) is 18.2 Å². The molecule has 1 rings (SSSR count). The minimum atomic E-state index is -0.832. The van der Waals surface area contributed by atoms with E-state index in [1.54, 1.807) is 0 Å². The van der Waals surface area contributed by atoms with Gasteiger partial charge in [-0.05, 0) is 17.9 Å². The summed E-state index contributed by atoms with van der Waals surface area (Å²) < 4.78 is 0. The maximum absolute atomic E-state index is 11.6. The molecule has 1 unspecified atom stereocenters. The van der Waals surface area contributed by atoms with E-state index in [1.807, 2.05) is 37.3 Å². The topological polar surface area (TPSA) is 66.4 Å². The Morgan fingerprint density at radius 2 is 1.94 bits per heavy atom. The first-order valence-corrected chi connectivity index (χ1v) is 6.13. The van der Waals surface area contributed by atoms with Crippen molar-refractivity contribution in [3.63, 3.8) is 0 Å². The van der Waals surface area contributed by atoms with Crippen LogP contribution in [0.1, 0.15) is 37.7 Å². The Hall–Kier alpha value is -1.84. The Labute approximate surface area is 107 Å². The van der Waals surface area contributed by atoms with Gasteiger partial charge in [-0.2, -0.15) is 0 Å². The first-order chi connectivity index (χ1) is 8.59. The highest BCUT2D eigenvalue weighted by atomic mass is 16.4. The van der Waals surface area contributed by atoms with Crippen LogP contribution in [0.4, 0.5) is 0 Å². The molecule has 18 heavy (non-hydrogen) atoms. The van der Waals surface area contributed by atoms with Gasteiger partial charge in [0, 0.05) is 19.4 Å². The van der Waals surface area contributed by atoms with Crippen LogP contribution < -0.4 is 5.32 Å². The summed E-state index contributed by atoms with van der Waals surface area (Å²) in [5.41, 5.74) is 1.14. The van der Waals surface area contributed by atoms with Gasteiger partial charge in [0.15, 0.2) is 0 Å². The van der Waals surface area contributed by atoms with Crippen molar-refractivity contribution in [2.45, 2.75) is 32.1 Å². The van der Waals surface area contributed by atoms with Crippen LogP contribution >= 0.6 is 0 Å². The molecule has 0 fully saturated rings. The van der Waals surface area contributed by atoms with Crippen LogP contribution in [0.2, 0.25) is 0 Å². The van der Waals surface area contributed by atoms with Gasteiger partial charge < -0.3 is 10.4 Å². The highest BCUT2D eigenvalue weighted by Gasteiger charge is 2.10. The van der Waals surface area contributed by atoms with Gasteiger partial charge in [-0.3, -0.25) is 9.59 Å². The number of rotatable bonds is 7. The van der Waals surface area contributed by atoms with E-state index in [1.165, 1.54) is 0 Å². The van der Waals surface area contributed by atoms with Gasteiger partial charge in [0.1, 0.15) is 0 Å². The third-order valence-electron chi connectivity index (χ3n) is 2.75. The van der Waals surface area contributed by atoms with Crippen molar-refractivity contribution < 1.29 is 14.7 Å². The molecule has 1 atom stereocenters. The Kier molecular flexibility index (Phi) is 5.91. The molecule has 0 heterocycles. The number of hydrogen-bond donors (Lipinski definition) is 2. The molecule has 1 amide bonds. The highest BCUT2D eigenvalue weighted by Crippen LogP contribution is 2.17. The summed E-state index contributed by atoms with van der Waals surface area (Å²) in [7, 11) is 0. The Bertz CT molecular complexity index is 389. The number of carbonyl (C=O) groups is 2. The zero-order valence-electron chi connectivity index (χ0n) is 10.6. The van der Waals surface area contributed by atoms with Gasteiger partial charge in [0.05, 0.1) is 0 Å². The SMILES string of the molecule is CC(CC(=O)NCCCC(=O)O)c1ccccc1. The minimum absolute atomic E-state index is 0.0308. The predicted molar refractivity (Wildman–Crippen MR) is 69.4 cm³/mol. The molecule has 0 spiro atoms. The van der Waals surface area contributed by atoms with E-state index < -0.39 is 5.97 Å². The molecule has 1 aromatic rings. The van der Waals surface area contributed by atoms with Crippen LogP contribution in [-0.2, 0) is 9.59 Å². The van der Waals surface area contributed by atoms with Gasteiger partial charge in [-0.1, -0.05) is 37.3 Å². The summed E-state index contributed by atoms with van der Waals surface area (Å²) >= 11 is 0. The molecular formula is C14H19NO3. The number of aliphatic carboxylic acids is 1. The van der Waals surface area contributed by atoms with Crippen LogP contribution in [0.5, 0.6) is 0 Å². The van der Waals surface area contributed by atoms with Gasteiger partial charge in [0.25, 0.3) is 0 Å². The van der Waals surface area contributed by atoms with Gasteiger partial charge in [0.2, 0.25) is 5.91 Å². The van der Waals surface area contributed by atoms with Crippen molar-refractivity contribution in [3.8, 4) is 0 Å². The lowest BCUT2D eigenvalue weighted by Crippen LogP contribution is -2.25. The van der Waals surface area contributed by atoms with Crippen molar-refractivity contribution in [3.05, 3.63) is 35.9 Å². The zero-order valence-corrected chi connectivity index (χ0v) is 10.6. The molecule has 4 heteroatoms. The number of benzene rings is 1. The fraction of sp³-hybridized carbons (Fsp3) is 0.429. The average Bonchev–Trinajstić information content (AvgIpc) is 2.35. The van der Waals surface area contributed by atoms with Crippen LogP contribution in [-0.4, -0.2) is 23.5 Å². The van der Waals surface area contributed by atoms with Crippen molar-refractivity contribution in [1.29, 1.82) is 0 Å². The summed E-state index contributed by atoms with van der Waals surface area (Å²) in [6, 6.07) is 9.86. The van der Waals surface area contributed by atoms with Crippen LogP contribution in [0, 0.1) is 0 Å². The largest absolute Gasteiger partial charge is 0.481 e. The van der Waals surface area contributed by atoms with Crippen LogP contribution in [0.3, 0.4) is 0 Å². The molecule has 0 aliphatic carbocycles. The fourth-order valence-corrected chi connectivity index (χ4v) is 1.72. The number of carboxylic acids is 1. The lowest BCUT2D eigenvalue weighted by molar-refractivity contribution is -0.137. The second-order valence-electron chi connectivity index (χ2n) is 4.36. The quantitative estimate of drug-likeness (QED) is 0.728. The van der Waals surface area contributed by atoms with Crippen LogP contribution in [0.15, 0.2) is 30.3 Å². The average molecular weight is 249 g/mol. The molecule has 0 saturated carbocycles. The standard InChI is InChI=1S/C14H19NO3/c1-11(12-6-3-2-4-7-12)10-13(16)15-9-5-8-14(17)18/h2-4,6-7,11H,5,8-10H2,1H3,(H,15,16)(H,17,18). The summed E-state index contributed by atoms with van der Waals surface area (Å²) in [6.45, 7) is 2.43. The number of carboxylic acid groups (broad SMARTS) is 1. The zero-order chi connectivity index (χ0) is 13.4. The lowest BCUT2D eigenvalue weighted by Gasteiger charge is -2.11. The maximum Gasteiger partial charge on any atom is 0.303 e. The van der Waals surface area contributed by atoms with Gasteiger partial charge >= 0.3 is 5.97 Å². The number of amides is 1. The molecule has 98 valence electrons. The third kappa shape index (κ3) is 5.48. The van der Waals surface area contributed by atoms with E-state index >= 15 is 0 Å². The molecule has 0 aliphatic heterocycles. The third-order valence-corrected chi connectivity index (χ3v) is 2.75. The first-order valence-electron chi connectivity index (χ1n) is 6.13. The summed E-state index contributed by atoms with van der Waals surface area (Å²) in [4.78, 5) is 21.9. The number of nitrogens with one attached hydrogen (secondary N) is 1. The molecule has 4 nitrogen and oxygen atoms in total. The summed E-state index contributed by atoms with van der Waals surface area (Å²) in [5, 5.41) is 11.2. The highest BCUT2D eigenvalue weighted by molar-refractivity contribution is 5.76. The molecule has 0 radical (unpaired) electrons. The van der Waals surface area contributed by atoms with E-state index in [4.69, 9.17) is 5.11 Å². The first kappa shape index (κ1) is 14.2. The summed E-state index contributed by atoms with van der Waals surface area (Å²) in [5.74, 6) is -0.690. The van der Waals surface area contributed by atoms with Crippen molar-refractivity contribution in [2.24, 2.45) is 0 Å². The van der Waals surface area contributed by atoms with E-state index in [0.717, 1.165) is 5.56 Å². The normalized spacial score (nSPS) is 11.8. The minimum Gasteiger partial charge on any atom is -0.481 e. The van der Waals surface area contributed by atoms with Gasteiger partial charge in [-0.15, -0.1) is 0 Å². The Balaban J connectivity index is 2.26. The number of hydrogen-bond acceptors (Lipinski definition) is 2. The molecule has 0 saturated heterocycles. The smallest absolute Gasteiger partial charge is 0.303 e. The maximum atomic E-state index is 11.6. The van der Waals surface area contributed by atoms with Gasteiger partial charge in [-0.25, -0.2) is 0 Å². The molecule has 1 aromatic carbocycles. The van der Waals surface area contributed by atoms with E-state index in [2.05, 4.69) is 5.32 Å². The Morgan fingerprint density at radius 3 is 2.56 bits per heavy atom. The fourth-order valence-electron chi connectivity index (χ4n) is 1.72. The predicted octanol–water partition coefficient (Wildman–Crippen LogP) is 2.16. The van der Waals surface area contributed by atoms with E-state index in [9.17, 15) is 9.59 Å². The second-order valence-corrected chi connectivity index (χ2v) is 4.36. The van der Waals surface area contributed by atoms with Crippen molar-refractivity contribution in [1.82, 2.24) is 5.32 Å². The van der Waals surface area contributed by atoms with Crippen molar-refractivity contribution in [2.75, 3.05) is 6.54 Å². The molecule has 0 aliphatic rings. The second kappa shape index (κ2) is 7.48. The lowest BCUT2D eigenvalue weighted by atomic mass is 9.97.